The zero-order valence-corrected chi connectivity index (χ0v) is 11.5. The van der Waals surface area contributed by atoms with Gasteiger partial charge in [0.2, 0.25) is 0 Å². The van der Waals surface area contributed by atoms with E-state index < -0.39 is 33.9 Å². The van der Waals surface area contributed by atoms with Crippen LogP contribution in [0.1, 0.15) is 36.2 Å². The first-order valence-electron chi connectivity index (χ1n) is 6.12. The van der Waals surface area contributed by atoms with E-state index in [4.69, 9.17) is 0 Å². The Morgan fingerprint density at radius 3 is 2.35 bits per heavy atom. The maximum absolute atomic E-state index is 12.3. The van der Waals surface area contributed by atoms with Crippen molar-refractivity contribution in [3.05, 3.63) is 39.4 Å². The summed E-state index contributed by atoms with van der Waals surface area (Å²) in [5.74, 6) is -3.39. The van der Waals surface area contributed by atoms with Crippen molar-refractivity contribution in [2.24, 2.45) is 5.92 Å². The third-order valence-corrected chi connectivity index (χ3v) is 2.95. The molecular weight excluding hydrogens is 262 g/mol. The van der Waals surface area contributed by atoms with Crippen LogP contribution in [0.2, 0.25) is 0 Å². The molecule has 6 nitrogen and oxygen atoms in total. The minimum Gasteiger partial charge on any atom is -0.299 e. The van der Waals surface area contributed by atoms with Crippen LogP contribution in [0.15, 0.2) is 18.2 Å². The highest BCUT2D eigenvalue weighted by atomic mass is 16.6. The van der Waals surface area contributed by atoms with Crippen molar-refractivity contribution < 1.29 is 19.3 Å². The highest BCUT2D eigenvalue weighted by Crippen LogP contribution is 2.24. The molecule has 1 rings (SSSR count). The highest BCUT2D eigenvalue weighted by molar-refractivity contribution is 6.24. The third kappa shape index (κ3) is 3.14. The molecule has 0 spiro atoms. The van der Waals surface area contributed by atoms with Crippen LogP contribution in [0.25, 0.3) is 0 Å². The molecule has 0 saturated heterocycles. The van der Waals surface area contributed by atoms with Gasteiger partial charge in [0, 0.05) is 12.5 Å². The lowest BCUT2D eigenvalue weighted by molar-refractivity contribution is -0.385. The molecule has 6 heteroatoms. The number of nitro groups is 1. The van der Waals surface area contributed by atoms with Gasteiger partial charge in [-0.25, -0.2) is 0 Å². The van der Waals surface area contributed by atoms with Crippen LogP contribution in [-0.4, -0.2) is 22.3 Å². The number of carbonyl (C=O) groups excluding carboxylic acids is 3. The van der Waals surface area contributed by atoms with E-state index in [1.807, 2.05) is 0 Å². The van der Waals surface area contributed by atoms with E-state index in [1.165, 1.54) is 25.1 Å². The largest absolute Gasteiger partial charge is 0.299 e. The smallest absolute Gasteiger partial charge is 0.280 e. The zero-order valence-electron chi connectivity index (χ0n) is 11.5. The number of hydrogen-bond acceptors (Lipinski definition) is 5. The third-order valence-electron chi connectivity index (χ3n) is 2.95. The van der Waals surface area contributed by atoms with E-state index >= 15 is 0 Å². The highest BCUT2D eigenvalue weighted by Gasteiger charge is 2.34. The quantitative estimate of drug-likeness (QED) is 0.344. The summed E-state index contributed by atoms with van der Waals surface area (Å²) in [6, 6.07) is 4.04. The number of Topliss-reactive ketones (excluding diaryl/α,β-unsaturated/α-hetero) is 3. The van der Waals surface area contributed by atoms with Gasteiger partial charge in [0.1, 0.15) is 11.7 Å². The SMILES string of the molecule is CCC(=O)C(C(C)=O)C(=O)c1cc(C)ccc1[N+](=O)[O-]. The maximum atomic E-state index is 12.3. The van der Waals surface area contributed by atoms with Gasteiger partial charge in [0.05, 0.1) is 10.5 Å². The molecule has 1 unspecified atom stereocenters. The lowest BCUT2D eigenvalue weighted by Crippen LogP contribution is -2.30. The van der Waals surface area contributed by atoms with Crippen molar-refractivity contribution in [3.63, 3.8) is 0 Å². The Morgan fingerprint density at radius 2 is 1.90 bits per heavy atom. The van der Waals surface area contributed by atoms with Gasteiger partial charge in [-0.05, 0) is 25.5 Å². The molecule has 1 atom stereocenters. The Bertz CT molecular complexity index is 591. The van der Waals surface area contributed by atoms with Gasteiger partial charge in [-0.1, -0.05) is 13.0 Å². The van der Waals surface area contributed by atoms with Gasteiger partial charge in [0.15, 0.2) is 11.6 Å². The predicted octanol–water partition coefficient (Wildman–Crippen LogP) is 2.27. The van der Waals surface area contributed by atoms with Gasteiger partial charge < -0.3 is 0 Å². The Kier molecular flexibility index (Phi) is 4.85. The van der Waals surface area contributed by atoms with E-state index in [-0.39, 0.29) is 12.0 Å². The first-order chi connectivity index (χ1) is 9.29. The Balaban J connectivity index is 3.38. The van der Waals surface area contributed by atoms with Crippen molar-refractivity contribution in [2.45, 2.75) is 27.2 Å². The van der Waals surface area contributed by atoms with Crippen LogP contribution in [0, 0.1) is 23.0 Å². The Hall–Kier alpha value is -2.37. The van der Waals surface area contributed by atoms with Crippen LogP contribution >= 0.6 is 0 Å². The summed E-state index contributed by atoms with van der Waals surface area (Å²) in [5.41, 5.74) is 0.0537. The van der Waals surface area contributed by atoms with Gasteiger partial charge in [-0.2, -0.15) is 0 Å². The summed E-state index contributed by atoms with van der Waals surface area (Å²) in [4.78, 5) is 45.8. The normalized spacial score (nSPS) is 11.8. The number of nitro benzene ring substituents is 1. The van der Waals surface area contributed by atoms with Crippen molar-refractivity contribution in [2.75, 3.05) is 0 Å². The van der Waals surface area contributed by atoms with Crippen molar-refractivity contribution in [3.8, 4) is 0 Å². The van der Waals surface area contributed by atoms with Gasteiger partial charge in [-0.3, -0.25) is 24.5 Å². The van der Waals surface area contributed by atoms with Crippen molar-refractivity contribution >= 4 is 23.0 Å². The maximum Gasteiger partial charge on any atom is 0.280 e. The van der Waals surface area contributed by atoms with E-state index in [0.29, 0.717) is 5.56 Å². The monoisotopic (exact) mass is 277 g/mol. The molecule has 20 heavy (non-hydrogen) atoms. The minimum atomic E-state index is -1.46. The van der Waals surface area contributed by atoms with Gasteiger partial charge in [0.25, 0.3) is 5.69 Å². The van der Waals surface area contributed by atoms with Crippen molar-refractivity contribution in [1.82, 2.24) is 0 Å². The average molecular weight is 277 g/mol. The summed E-state index contributed by atoms with van der Waals surface area (Å²) in [6.07, 6.45) is 0.0234. The minimum absolute atomic E-state index is 0.0234. The lowest BCUT2D eigenvalue weighted by atomic mass is 9.88. The molecule has 0 amide bonds. The molecule has 1 aromatic carbocycles. The van der Waals surface area contributed by atoms with Crippen LogP contribution in [0.3, 0.4) is 0 Å². The molecule has 1 aromatic rings. The summed E-state index contributed by atoms with van der Waals surface area (Å²) < 4.78 is 0. The van der Waals surface area contributed by atoms with E-state index in [0.717, 1.165) is 6.92 Å². The van der Waals surface area contributed by atoms with E-state index in [1.54, 1.807) is 6.92 Å². The summed E-state index contributed by atoms with van der Waals surface area (Å²) in [6.45, 7) is 4.35. The number of rotatable bonds is 6. The molecule has 0 bridgehead atoms. The summed E-state index contributed by atoms with van der Waals surface area (Å²) in [5, 5.41) is 11.0. The number of aryl methyl sites for hydroxylation is 1. The molecule has 0 saturated carbocycles. The number of benzene rings is 1. The number of carbonyl (C=O) groups is 3. The zero-order chi connectivity index (χ0) is 15.4. The van der Waals surface area contributed by atoms with Gasteiger partial charge >= 0.3 is 0 Å². The fraction of sp³-hybridized carbons (Fsp3) is 0.357. The molecule has 0 aliphatic rings. The second-order valence-corrected chi connectivity index (χ2v) is 4.51. The molecular formula is C14H15NO5. The van der Waals surface area contributed by atoms with Crippen molar-refractivity contribution in [1.29, 1.82) is 0 Å². The fourth-order valence-electron chi connectivity index (χ4n) is 1.92. The van der Waals surface area contributed by atoms with Crippen LogP contribution in [0.5, 0.6) is 0 Å². The lowest BCUT2D eigenvalue weighted by Gasteiger charge is -2.11. The first kappa shape index (κ1) is 15.7. The molecule has 0 heterocycles. The number of nitrogens with zero attached hydrogens (tertiary/aromatic N) is 1. The topological polar surface area (TPSA) is 94.3 Å². The average Bonchev–Trinajstić information content (AvgIpc) is 2.37. The molecule has 0 aromatic heterocycles. The number of hydrogen-bond donors (Lipinski definition) is 0. The Morgan fingerprint density at radius 1 is 1.30 bits per heavy atom. The van der Waals surface area contributed by atoms with Crippen LogP contribution in [0.4, 0.5) is 5.69 Å². The molecule has 106 valence electrons. The first-order valence-corrected chi connectivity index (χ1v) is 6.12. The molecule has 0 aliphatic carbocycles. The van der Waals surface area contributed by atoms with Crippen LogP contribution < -0.4 is 0 Å². The number of ketones is 3. The van der Waals surface area contributed by atoms with E-state index in [2.05, 4.69) is 0 Å². The molecule has 0 fully saturated rings. The predicted molar refractivity (Wildman–Crippen MR) is 71.6 cm³/mol. The molecule has 0 aliphatic heterocycles. The molecule has 0 radical (unpaired) electrons. The summed E-state index contributed by atoms with van der Waals surface area (Å²) >= 11 is 0. The Labute approximate surface area is 115 Å². The van der Waals surface area contributed by atoms with E-state index in [9.17, 15) is 24.5 Å². The van der Waals surface area contributed by atoms with Crippen LogP contribution in [-0.2, 0) is 9.59 Å². The molecule has 0 N–H and O–H groups in total. The standard InChI is InChI=1S/C14H15NO5/c1-4-12(17)13(9(3)16)14(18)10-7-8(2)5-6-11(10)15(19)20/h5-7,13H,4H2,1-3H3. The second-order valence-electron chi connectivity index (χ2n) is 4.51. The summed E-state index contributed by atoms with van der Waals surface area (Å²) in [7, 11) is 0. The van der Waals surface area contributed by atoms with Gasteiger partial charge in [-0.15, -0.1) is 0 Å². The second kappa shape index (κ2) is 6.18. The fourth-order valence-corrected chi connectivity index (χ4v) is 1.92.